The maximum absolute atomic E-state index is 12.5. The van der Waals surface area contributed by atoms with Crippen LogP contribution >= 0.6 is 0 Å². The van der Waals surface area contributed by atoms with E-state index < -0.39 is 148 Å². The zero-order chi connectivity index (χ0) is 43.0. The summed E-state index contributed by atoms with van der Waals surface area (Å²) in [5.74, 6) is -2.09. The van der Waals surface area contributed by atoms with Gasteiger partial charge in [-0.2, -0.15) is 0 Å². The fourth-order valence-corrected chi connectivity index (χ4v) is 6.11. The third-order valence-corrected chi connectivity index (χ3v) is 9.72. The fourth-order valence-electron chi connectivity index (χ4n) is 6.11. The van der Waals surface area contributed by atoms with Crippen molar-refractivity contribution < 1.29 is 110 Å². The second kappa shape index (κ2) is 25.7. The Morgan fingerprint density at radius 2 is 0.807 bits per heavy atom. The van der Waals surface area contributed by atoms with E-state index in [1.54, 1.807) is 0 Å². The molecule has 0 aliphatic carbocycles. The molecule has 336 valence electrons. The van der Waals surface area contributed by atoms with Crippen LogP contribution in [-0.2, 0) is 28.5 Å². The molecule has 0 spiro atoms. The molecule has 2 heterocycles. The SMILES string of the molecule is O=C(NCCCCCCCCCNC(=O)[C@H](O)[C@@H](O)[C@H](O[C@@H]1O[C@H](CO)[C@H](O)[C@H](O)[C@H]1O)[C@H](O)CO)[C@H](O)[C@@H](O)[C@H](O[C@@H]1O[C@H](CO)[C@H](O)[C@H](O)[C@H]1O)[C@H](O)CO. The average Bonchev–Trinajstić information content (AvgIpc) is 3.21. The second-order valence-electron chi connectivity index (χ2n) is 14.0. The van der Waals surface area contributed by atoms with Gasteiger partial charge in [0.05, 0.1) is 26.4 Å². The van der Waals surface area contributed by atoms with Gasteiger partial charge in [0.2, 0.25) is 0 Å². The molecule has 18 N–H and O–H groups in total. The summed E-state index contributed by atoms with van der Waals surface area (Å²) in [6.07, 6.45) is -29.3. The summed E-state index contributed by atoms with van der Waals surface area (Å²) in [5.41, 5.74) is 0. The second-order valence-corrected chi connectivity index (χ2v) is 14.0. The number of hydrogen-bond donors (Lipinski definition) is 18. The quantitative estimate of drug-likeness (QED) is 0.0360. The molecular formula is C33H62N2O22. The molecular weight excluding hydrogens is 776 g/mol. The number of aliphatic hydroxyl groups excluding tert-OH is 16. The highest BCUT2D eigenvalue weighted by molar-refractivity contribution is 5.81. The Bertz CT molecular complexity index is 1060. The van der Waals surface area contributed by atoms with E-state index in [4.69, 9.17) is 18.9 Å². The number of ether oxygens (including phenoxy) is 4. The van der Waals surface area contributed by atoms with Gasteiger partial charge in [0.1, 0.15) is 85.5 Å². The van der Waals surface area contributed by atoms with Gasteiger partial charge in [-0.15, -0.1) is 0 Å². The van der Waals surface area contributed by atoms with Crippen LogP contribution in [0.5, 0.6) is 0 Å². The van der Waals surface area contributed by atoms with Gasteiger partial charge < -0.3 is 111 Å². The van der Waals surface area contributed by atoms with Gasteiger partial charge in [-0.05, 0) is 12.8 Å². The minimum atomic E-state index is -2.18. The summed E-state index contributed by atoms with van der Waals surface area (Å²) >= 11 is 0. The molecule has 57 heavy (non-hydrogen) atoms. The highest BCUT2D eigenvalue weighted by Crippen LogP contribution is 2.26. The molecule has 0 unspecified atom stereocenters. The Labute approximate surface area is 327 Å². The highest BCUT2D eigenvalue weighted by atomic mass is 16.7. The number of amides is 2. The molecule has 18 atom stereocenters. The van der Waals surface area contributed by atoms with Crippen LogP contribution in [0.2, 0.25) is 0 Å². The van der Waals surface area contributed by atoms with Gasteiger partial charge >= 0.3 is 0 Å². The first-order valence-electron chi connectivity index (χ1n) is 18.7. The molecule has 2 aliphatic heterocycles. The van der Waals surface area contributed by atoms with E-state index in [-0.39, 0.29) is 13.1 Å². The van der Waals surface area contributed by atoms with Crippen molar-refractivity contribution in [2.45, 2.75) is 155 Å². The van der Waals surface area contributed by atoms with Crippen LogP contribution < -0.4 is 10.6 Å². The van der Waals surface area contributed by atoms with Crippen LogP contribution in [0.25, 0.3) is 0 Å². The third kappa shape index (κ3) is 14.7. The smallest absolute Gasteiger partial charge is 0.251 e. The number of rotatable bonds is 26. The van der Waals surface area contributed by atoms with Crippen LogP contribution in [-0.4, -0.2) is 243 Å². The number of aliphatic hydroxyl groups is 16. The zero-order valence-electron chi connectivity index (χ0n) is 31.2. The van der Waals surface area contributed by atoms with Crippen LogP contribution in [0.4, 0.5) is 0 Å². The minimum absolute atomic E-state index is 0.0906. The molecule has 0 saturated carbocycles. The Balaban J connectivity index is 1.68. The number of carbonyl (C=O) groups excluding carboxylic acids is 2. The van der Waals surface area contributed by atoms with Crippen LogP contribution in [0, 0.1) is 0 Å². The van der Waals surface area contributed by atoms with Gasteiger partial charge in [0.25, 0.3) is 11.8 Å². The van der Waals surface area contributed by atoms with Crippen LogP contribution in [0.1, 0.15) is 44.9 Å². The number of unbranched alkanes of at least 4 members (excludes halogenated alkanes) is 6. The summed E-state index contributed by atoms with van der Waals surface area (Å²) in [4.78, 5) is 25.0. The average molecular weight is 839 g/mol. The van der Waals surface area contributed by atoms with E-state index in [1.807, 2.05) is 0 Å². The van der Waals surface area contributed by atoms with E-state index in [0.717, 1.165) is 19.3 Å². The van der Waals surface area contributed by atoms with Crippen molar-refractivity contribution in [2.75, 3.05) is 39.5 Å². The molecule has 2 rings (SSSR count). The van der Waals surface area contributed by atoms with Gasteiger partial charge in [0, 0.05) is 13.1 Å². The van der Waals surface area contributed by atoms with Gasteiger partial charge in [0.15, 0.2) is 24.8 Å². The Morgan fingerprint density at radius 3 is 1.11 bits per heavy atom. The van der Waals surface area contributed by atoms with Crippen molar-refractivity contribution in [3.05, 3.63) is 0 Å². The summed E-state index contributed by atoms with van der Waals surface area (Å²) in [5, 5.41) is 165. The van der Waals surface area contributed by atoms with Crippen LogP contribution in [0.15, 0.2) is 0 Å². The molecule has 24 heteroatoms. The summed E-state index contributed by atoms with van der Waals surface area (Å²) in [6, 6.07) is 0. The maximum atomic E-state index is 12.5. The predicted molar refractivity (Wildman–Crippen MR) is 186 cm³/mol. The summed E-state index contributed by atoms with van der Waals surface area (Å²) in [6.45, 7) is -3.44. The van der Waals surface area contributed by atoms with Crippen molar-refractivity contribution in [1.29, 1.82) is 0 Å². The fraction of sp³-hybridized carbons (Fsp3) is 0.939. The molecule has 0 aromatic carbocycles. The van der Waals surface area contributed by atoms with E-state index in [2.05, 4.69) is 10.6 Å². The topological polar surface area (TPSA) is 419 Å². The lowest BCUT2D eigenvalue weighted by Gasteiger charge is -2.42. The Morgan fingerprint density at radius 1 is 0.491 bits per heavy atom. The largest absolute Gasteiger partial charge is 0.394 e. The van der Waals surface area contributed by atoms with Crippen molar-refractivity contribution in [1.82, 2.24) is 10.6 Å². The van der Waals surface area contributed by atoms with Gasteiger partial charge in [-0.25, -0.2) is 0 Å². The van der Waals surface area contributed by atoms with Crippen LogP contribution in [0.3, 0.4) is 0 Å². The van der Waals surface area contributed by atoms with Gasteiger partial charge in [-0.1, -0.05) is 32.1 Å². The molecule has 0 aromatic rings. The Kier molecular flexibility index (Phi) is 23.1. The van der Waals surface area contributed by atoms with Crippen molar-refractivity contribution >= 4 is 11.8 Å². The predicted octanol–water partition coefficient (Wildman–Crippen LogP) is -9.53. The monoisotopic (exact) mass is 838 g/mol. The third-order valence-electron chi connectivity index (χ3n) is 9.72. The first kappa shape index (κ1) is 51.3. The normalized spacial score (nSPS) is 32.4. The van der Waals surface area contributed by atoms with E-state index >= 15 is 0 Å². The summed E-state index contributed by atoms with van der Waals surface area (Å²) in [7, 11) is 0. The molecule has 0 bridgehead atoms. The standard InChI is InChI=1S/C33H62N2O22/c36-10-14(40)28(56-32-26(50)20(44)18(42)16(12-38)54-32)22(46)24(48)30(52)34-8-6-4-2-1-3-5-7-9-35-31(53)25(49)23(47)29(15(41)11-37)57-33-27(51)21(45)19(43)17(13-39)55-33/h14-29,32-33,36-51H,1-13H2,(H,34,52)(H,35,53)/t14-,15-,16-,17-,18+,19+,20+,21+,22-,23-,24-,25-,26-,27-,28-,29-,32+,33+/m1/s1. The molecule has 2 amide bonds. The molecule has 24 nitrogen and oxygen atoms in total. The molecule has 2 aliphatic rings. The molecule has 2 fully saturated rings. The highest BCUT2D eigenvalue weighted by Gasteiger charge is 2.49. The first-order chi connectivity index (χ1) is 27.0. The number of nitrogens with one attached hydrogen (secondary N) is 2. The lowest BCUT2D eigenvalue weighted by Crippen LogP contribution is -2.62. The van der Waals surface area contributed by atoms with Gasteiger partial charge in [-0.3, -0.25) is 9.59 Å². The molecule has 0 radical (unpaired) electrons. The lowest BCUT2D eigenvalue weighted by molar-refractivity contribution is -0.326. The number of hydrogen-bond acceptors (Lipinski definition) is 22. The maximum Gasteiger partial charge on any atom is 0.251 e. The van der Waals surface area contributed by atoms with Crippen molar-refractivity contribution in [3.63, 3.8) is 0 Å². The first-order valence-corrected chi connectivity index (χ1v) is 18.7. The minimum Gasteiger partial charge on any atom is -0.394 e. The van der Waals surface area contributed by atoms with Crippen molar-refractivity contribution in [3.8, 4) is 0 Å². The van der Waals surface area contributed by atoms with E-state index in [1.165, 1.54) is 0 Å². The molecule has 0 aromatic heterocycles. The van der Waals surface area contributed by atoms with E-state index in [9.17, 15) is 91.3 Å². The Hall–Kier alpha value is -1.86. The zero-order valence-corrected chi connectivity index (χ0v) is 31.2. The van der Waals surface area contributed by atoms with Crippen molar-refractivity contribution in [2.24, 2.45) is 0 Å². The lowest BCUT2D eigenvalue weighted by atomic mass is 9.98. The molecule has 2 saturated heterocycles. The summed E-state index contributed by atoms with van der Waals surface area (Å²) < 4.78 is 20.9. The van der Waals surface area contributed by atoms with E-state index in [0.29, 0.717) is 25.7 Å². The number of carbonyl (C=O) groups is 2.